The van der Waals surface area contributed by atoms with E-state index < -0.39 is 0 Å². The predicted molar refractivity (Wildman–Crippen MR) is 81.0 cm³/mol. The Morgan fingerprint density at radius 1 is 1.21 bits per heavy atom. The van der Waals surface area contributed by atoms with Crippen LogP contribution in [0.4, 0.5) is 0 Å². The largest absolute Gasteiger partial charge is 0.494 e. The quantitative estimate of drug-likeness (QED) is 0.446. The van der Waals surface area contributed by atoms with Crippen molar-refractivity contribution in [2.24, 2.45) is 11.1 Å². The zero-order chi connectivity index (χ0) is 14.5. The summed E-state index contributed by atoms with van der Waals surface area (Å²) in [6.07, 6.45) is 2.94. The van der Waals surface area contributed by atoms with Gasteiger partial charge in [0.2, 0.25) is 0 Å². The summed E-state index contributed by atoms with van der Waals surface area (Å²) < 4.78 is 5.73. The van der Waals surface area contributed by atoms with Crippen LogP contribution in [-0.4, -0.2) is 12.4 Å². The maximum absolute atomic E-state index is 7.50. The van der Waals surface area contributed by atoms with E-state index in [1.165, 1.54) is 11.1 Å². The van der Waals surface area contributed by atoms with Gasteiger partial charge in [-0.05, 0) is 56.4 Å². The summed E-state index contributed by atoms with van der Waals surface area (Å²) >= 11 is 0. The SMILES string of the molecule is Cc1ccc(OCCCCC(C)(C)C(=N)N)cc1C. The Morgan fingerprint density at radius 3 is 2.47 bits per heavy atom. The highest BCUT2D eigenvalue weighted by Gasteiger charge is 2.20. The first kappa shape index (κ1) is 15.5. The van der Waals surface area contributed by atoms with E-state index in [0.29, 0.717) is 0 Å². The average molecular weight is 262 g/mol. The Bertz CT molecular complexity index is 438. The first-order chi connectivity index (χ1) is 8.83. The van der Waals surface area contributed by atoms with Gasteiger partial charge in [-0.25, -0.2) is 0 Å². The van der Waals surface area contributed by atoms with Crippen molar-refractivity contribution in [2.75, 3.05) is 6.61 Å². The fraction of sp³-hybridized carbons (Fsp3) is 0.562. The number of rotatable bonds is 7. The summed E-state index contributed by atoms with van der Waals surface area (Å²) in [5, 5.41) is 7.50. The molecule has 0 unspecified atom stereocenters. The van der Waals surface area contributed by atoms with Gasteiger partial charge in [0, 0.05) is 5.41 Å². The molecule has 3 nitrogen and oxygen atoms in total. The normalized spacial score (nSPS) is 11.4. The van der Waals surface area contributed by atoms with E-state index in [9.17, 15) is 0 Å². The summed E-state index contributed by atoms with van der Waals surface area (Å²) in [6, 6.07) is 6.18. The molecule has 0 saturated carbocycles. The number of hydrogen-bond donors (Lipinski definition) is 2. The zero-order valence-corrected chi connectivity index (χ0v) is 12.5. The van der Waals surface area contributed by atoms with Crippen molar-refractivity contribution in [2.45, 2.75) is 47.0 Å². The third-order valence-corrected chi connectivity index (χ3v) is 3.67. The lowest BCUT2D eigenvalue weighted by molar-refractivity contribution is 0.296. The Balaban J connectivity index is 2.28. The summed E-state index contributed by atoms with van der Waals surface area (Å²) in [5.41, 5.74) is 7.91. The van der Waals surface area contributed by atoms with Crippen LogP contribution in [0.2, 0.25) is 0 Å². The minimum atomic E-state index is -0.194. The van der Waals surface area contributed by atoms with Crippen molar-refractivity contribution in [3.8, 4) is 5.75 Å². The fourth-order valence-electron chi connectivity index (χ4n) is 1.80. The van der Waals surface area contributed by atoms with E-state index in [4.69, 9.17) is 15.9 Å². The van der Waals surface area contributed by atoms with Gasteiger partial charge in [0.1, 0.15) is 5.75 Å². The maximum atomic E-state index is 7.50. The lowest BCUT2D eigenvalue weighted by atomic mass is 9.86. The second-order valence-corrected chi connectivity index (χ2v) is 5.85. The van der Waals surface area contributed by atoms with Crippen molar-refractivity contribution in [1.82, 2.24) is 0 Å². The molecule has 0 spiro atoms. The predicted octanol–water partition coefficient (Wildman–Crippen LogP) is 3.81. The van der Waals surface area contributed by atoms with Crippen LogP contribution in [0.25, 0.3) is 0 Å². The Labute approximate surface area is 116 Å². The lowest BCUT2D eigenvalue weighted by Crippen LogP contribution is -2.30. The molecule has 0 heterocycles. The van der Waals surface area contributed by atoms with Crippen LogP contribution in [0.5, 0.6) is 5.75 Å². The molecule has 0 aliphatic carbocycles. The van der Waals surface area contributed by atoms with Gasteiger partial charge in [-0.15, -0.1) is 0 Å². The minimum absolute atomic E-state index is 0.194. The number of ether oxygens (including phenoxy) is 1. The topological polar surface area (TPSA) is 59.1 Å². The summed E-state index contributed by atoms with van der Waals surface area (Å²) in [6.45, 7) is 8.94. The average Bonchev–Trinajstić information content (AvgIpc) is 2.33. The summed E-state index contributed by atoms with van der Waals surface area (Å²) in [4.78, 5) is 0. The van der Waals surface area contributed by atoms with E-state index in [1.807, 2.05) is 19.9 Å². The van der Waals surface area contributed by atoms with Crippen molar-refractivity contribution >= 4 is 5.84 Å². The number of benzene rings is 1. The highest BCUT2D eigenvalue weighted by atomic mass is 16.5. The number of nitrogens with two attached hydrogens (primary N) is 1. The van der Waals surface area contributed by atoms with E-state index in [2.05, 4.69) is 26.0 Å². The monoisotopic (exact) mass is 262 g/mol. The molecule has 0 fully saturated rings. The van der Waals surface area contributed by atoms with Crippen LogP contribution in [0, 0.1) is 24.7 Å². The first-order valence-corrected chi connectivity index (χ1v) is 6.87. The van der Waals surface area contributed by atoms with E-state index in [-0.39, 0.29) is 11.3 Å². The van der Waals surface area contributed by atoms with Gasteiger partial charge in [0.05, 0.1) is 12.4 Å². The molecule has 0 amide bonds. The van der Waals surface area contributed by atoms with Crippen molar-refractivity contribution < 1.29 is 4.74 Å². The molecule has 1 aromatic carbocycles. The molecule has 0 aromatic heterocycles. The van der Waals surface area contributed by atoms with Gasteiger partial charge in [-0.2, -0.15) is 0 Å². The van der Waals surface area contributed by atoms with Gasteiger partial charge < -0.3 is 10.5 Å². The molecule has 0 aliphatic rings. The number of hydrogen-bond acceptors (Lipinski definition) is 2. The molecule has 0 atom stereocenters. The highest BCUT2D eigenvalue weighted by molar-refractivity contribution is 5.82. The number of amidine groups is 1. The van der Waals surface area contributed by atoms with Gasteiger partial charge in [-0.3, -0.25) is 5.41 Å². The van der Waals surface area contributed by atoms with Crippen molar-refractivity contribution in [3.05, 3.63) is 29.3 Å². The molecular weight excluding hydrogens is 236 g/mol. The third-order valence-electron chi connectivity index (χ3n) is 3.67. The summed E-state index contributed by atoms with van der Waals surface area (Å²) in [7, 11) is 0. The molecule has 1 rings (SSSR count). The standard InChI is InChI=1S/C16H26N2O/c1-12-7-8-14(11-13(12)2)19-10-6-5-9-16(3,4)15(17)18/h7-8,11H,5-6,9-10H2,1-4H3,(H3,17,18). The molecule has 3 heteroatoms. The molecule has 0 saturated heterocycles. The molecule has 0 radical (unpaired) electrons. The van der Waals surface area contributed by atoms with E-state index in [0.717, 1.165) is 31.6 Å². The number of aryl methyl sites for hydroxylation is 2. The Morgan fingerprint density at radius 2 is 1.89 bits per heavy atom. The van der Waals surface area contributed by atoms with E-state index >= 15 is 0 Å². The van der Waals surface area contributed by atoms with Crippen LogP contribution < -0.4 is 10.5 Å². The molecule has 19 heavy (non-hydrogen) atoms. The van der Waals surface area contributed by atoms with Crippen molar-refractivity contribution in [3.63, 3.8) is 0 Å². The molecule has 3 N–H and O–H groups in total. The van der Waals surface area contributed by atoms with Crippen LogP contribution >= 0.6 is 0 Å². The van der Waals surface area contributed by atoms with Crippen LogP contribution in [0.15, 0.2) is 18.2 Å². The fourth-order valence-corrected chi connectivity index (χ4v) is 1.80. The Hall–Kier alpha value is -1.51. The highest BCUT2D eigenvalue weighted by Crippen LogP contribution is 2.23. The van der Waals surface area contributed by atoms with Gasteiger partial charge in [0.25, 0.3) is 0 Å². The van der Waals surface area contributed by atoms with Gasteiger partial charge in [-0.1, -0.05) is 19.9 Å². The first-order valence-electron chi connectivity index (χ1n) is 6.87. The van der Waals surface area contributed by atoms with Gasteiger partial charge >= 0.3 is 0 Å². The van der Waals surface area contributed by atoms with Crippen molar-refractivity contribution in [1.29, 1.82) is 5.41 Å². The number of nitrogens with one attached hydrogen (secondary N) is 1. The molecule has 106 valence electrons. The van der Waals surface area contributed by atoms with E-state index in [1.54, 1.807) is 0 Å². The molecule has 1 aromatic rings. The Kier molecular flexibility index (Phi) is 5.40. The second kappa shape index (κ2) is 6.60. The zero-order valence-electron chi connectivity index (χ0n) is 12.5. The van der Waals surface area contributed by atoms with Crippen LogP contribution in [-0.2, 0) is 0 Å². The van der Waals surface area contributed by atoms with Crippen LogP contribution in [0.3, 0.4) is 0 Å². The molecule has 0 bridgehead atoms. The number of unbranched alkanes of at least 4 members (excludes halogenated alkanes) is 1. The second-order valence-electron chi connectivity index (χ2n) is 5.85. The lowest BCUT2D eigenvalue weighted by Gasteiger charge is -2.22. The summed E-state index contributed by atoms with van der Waals surface area (Å²) in [5.74, 6) is 1.21. The maximum Gasteiger partial charge on any atom is 0.119 e. The smallest absolute Gasteiger partial charge is 0.119 e. The van der Waals surface area contributed by atoms with Crippen LogP contribution in [0.1, 0.15) is 44.2 Å². The minimum Gasteiger partial charge on any atom is -0.494 e. The molecule has 0 aliphatic heterocycles. The molecular formula is C16H26N2O. The third kappa shape index (κ3) is 4.93. The van der Waals surface area contributed by atoms with Gasteiger partial charge in [0.15, 0.2) is 0 Å².